The Bertz CT molecular complexity index is 360. The second-order valence-electron chi connectivity index (χ2n) is 2.32. The highest BCUT2D eigenvalue weighted by Gasteiger charge is 2.16. The van der Waals surface area contributed by atoms with Crippen molar-refractivity contribution in [3.63, 3.8) is 0 Å². The van der Waals surface area contributed by atoms with Crippen LogP contribution in [0.5, 0.6) is 5.75 Å². The van der Waals surface area contributed by atoms with Gasteiger partial charge in [0, 0.05) is 5.56 Å². The van der Waals surface area contributed by atoms with Gasteiger partial charge in [-0.1, -0.05) is 11.6 Å². The zero-order valence-electron chi connectivity index (χ0n) is 6.31. The molecule has 0 bridgehead atoms. The molecule has 1 rings (SSSR count). The normalized spacial score (nSPS) is 9.69. The third-order valence-corrected chi connectivity index (χ3v) is 1.78. The second kappa shape index (κ2) is 3.58. The van der Waals surface area contributed by atoms with Crippen molar-refractivity contribution in [1.82, 2.24) is 0 Å². The first-order valence-electron chi connectivity index (χ1n) is 3.30. The van der Waals surface area contributed by atoms with Gasteiger partial charge in [0.2, 0.25) is 0 Å². The van der Waals surface area contributed by atoms with Crippen LogP contribution in [0.25, 0.3) is 0 Å². The van der Waals surface area contributed by atoms with Crippen LogP contribution in [0.15, 0.2) is 6.07 Å². The number of phenols is 1. The largest absolute Gasteiger partial charge is 0.506 e. The predicted octanol–water partition coefficient (Wildman–Crippen LogP) is 2.39. The van der Waals surface area contributed by atoms with E-state index in [-0.39, 0.29) is 5.02 Å². The van der Waals surface area contributed by atoms with Crippen LogP contribution < -0.4 is 0 Å². The van der Waals surface area contributed by atoms with Crippen molar-refractivity contribution in [3.05, 3.63) is 28.3 Å². The molecule has 2 nitrogen and oxygen atoms in total. The molecule has 0 aromatic heterocycles. The highest BCUT2D eigenvalue weighted by atomic mass is 35.5. The summed E-state index contributed by atoms with van der Waals surface area (Å²) in [4.78, 5) is 0. The fourth-order valence-electron chi connectivity index (χ4n) is 0.876. The molecule has 0 saturated carbocycles. The fraction of sp³-hybridized carbons (Fsp3) is 0.125. The number of hydrogen-bond donors (Lipinski definition) is 1. The van der Waals surface area contributed by atoms with Crippen molar-refractivity contribution in [2.75, 3.05) is 0 Å². The smallest absolute Gasteiger partial charge is 0.166 e. The minimum atomic E-state index is -1.23. The molecular formula is C8H4ClF2NO. The van der Waals surface area contributed by atoms with Gasteiger partial charge in [-0.3, -0.25) is 0 Å². The van der Waals surface area contributed by atoms with E-state index in [9.17, 15) is 8.78 Å². The molecule has 5 heteroatoms. The Hall–Kier alpha value is -1.34. The number of phenolic OH excluding ortho intramolecular Hbond substituents is 1. The van der Waals surface area contributed by atoms with E-state index in [1.165, 1.54) is 0 Å². The summed E-state index contributed by atoms with van der Waals surface area (Å²) in [5.41, 5.74) is -0.410. The van der Waals surface area contributed by atoms with E-state index in [1.807, 2.05) is 0 Å². The van der Waals surface area contributed by atoms with Crippen molar-refractivity contribution in [3.8, 4) is 11.8 Å². The summed E-state index contributed by atoms with van der Waals surface area (Å²) < 4.78 is 25.5. The third-order valence-electron chi connectivity index (χ3n) is 1.50. The molecule has 0 aliphatic heterocycles. The van der Waals surface area contributed by atoms with Crippen LogP contribution in [0.3, 0.4) is 0 Å². The van der Waals surface area contributed by atoms with Gasteiger partial charge in [-0.15, -0.1) is 0 Å². The first-order chi connectivity index (χ1) is 6.07. The van der Waals surface area contributed by atoms with Crippen molar-refractivity contribution in [1.29, 1.82) is 5.26 Å². The number of aromatic hydroxyl groups is 1. The van der Waals surface area contributed by atoms with Gasteiger partial charge < -0.3 is 5.11 Å². The molecule has 0 heterocycles. The van der Waals surface area contributed by atoms with Crippen molar-refractivity contribution >= 4 is 11.6 Å². The summed E-state index contributed by atoms with van der Waals surface area (Å²) in [5.74, 6) is -2.99. The topological polar surface area (TPSA) is 44.0 Å². The van der Waals surface area contributed by atoms with E-state index in [4.69, 9.17) is 22.0 Å². The molecular weight excluding hydrogens is 200 g/mol. The molecule has 0 amide bonds. The number of nitriles is 1. The standard InChI is InChI=1S/C8H4ClF2NO/c9-5-3-6(10)7(11)4(1-2-12)8(5)13/h3,13H,1H2. The summed E-state index contributed by atoms with van der Waals surface area (Å²) in [5, 5.41) is 17.1. The van der Waals surface area contributed by atoms with Gasteiger partial charge in [0.05, 0.1) is 17.5 Å². The van der Waals surface area contributed by atoms with Gasteiger partial charge in [0.1, 0.15) is 5.75 Å². The SMILES string of the molecule is N#CCc1c(O)c(Cl)cc(F)c1F. The molecule has 0 aliphatic rings. The minimum Gasteiger partial charge on any atom is -0.506 e. The van der Waals surface area contributed by atoms with Gasteiger partial charge in [0.15, 0.2) is 11.6 Å². The van der Waals surface area contributed by atoms with E-state index in [0.29, 0.717) is 6.07 Å². The lowest BCUT2D eigenvalue weighted by molar-refractivity contribution is 0.445. The molecule has 0 spiro atoms. The Morgan fingerprint density at radius 3 is 2.69 bits per heavy atom. The molecule has 0 fully saturated rings. The van der Waals surface area contributed by atoms with E-state index < -0.39 is 29.4 Å². The van der Waals surface area contributed by atoms with E-state index >= 15 is 0 Å². The predicted molar refractivity (Wildman–Crippen MR) is 42.3 cm³/mol. The molecule has 0 atom stereocenters. The highest BCUT2D eigenvalue weighted by molar-refractivity contribution is 6.32. The molecule has 0 aliphatic carbocycles. The van der Waals surface area contributed by atoms with Crippen molar-refractivity contribution in [2.45, 2.75) is 6.42 Å². The fourth-order valence-corrected chi connectivity index (χ4v) is 1.09. The van der Waals surface area contributed by atoms with Crippen LogP contribution in [0, 0.1) is 23.0 Å². The minimum absolute atomic E-state index is 0.302. The Morgan fingerprint density at radius 2 is 2.15 bits per heavy atom. The zero-order chi connectivity index (χ0) is 10.0. The molecule has 1 N–H and O–H groups in total. The Kier molecular flexibility index (Phi) is 2.69. The van der Waals surface area contributed by atoms with E-state index in [0.717, 1.165) is 0 Å². The maximum absolute atomic E-state index is 12.9. The van der Waals surface area contributed by atoms with E-state index in [1.54, 1.807) is 6.07 Å². The molecule has 1 aromatic carbocycles. The van der Waals surface area contributed by atoms with Gasteiger partial charge in [-0.2, -0.15) is 5.26 Å². The van der Waals surface area contributed by atoms with Crippen molar-refractivity contribution < 1.29 is 13.9 Å². The number of hydrogen-bond acceptors (Lipinski definition) is 2. The van der Waals surface area contributed by atoms with Crippen LogP contribution in [-0.4, -0.2) is 5.11 Å². The van der Waals surface area contributed by atoms with Crippen LogP contribution in [0.2, 0.25) is 5.02 Å². The third kappa shape index (κ3) is 1.70. The van der Waals surface area contributed by atoms with Crippen LogP contribution >= 0.6 is 11.6 Å². The second-order valence-corrected chi connectivity index (χ2v) is 2.72. The van der Waals surface area contributed by atoms with Gasteiger partial charge >= 0.3 is 0 Å². The van der Waals surface area contributed by atoms with Crippen LogP contribution in [-0.2, 0) is 6.42 Å². The van der Waals surface area contributed by atoms with Crippen LogP contribution in [0.4, 0.5) is 8.78 Å². The molecule has 1 aromatic rings. The Labute approximate surface area is 78.0 Å². The lowest BCUT2D eigenvalue weighted by atomic mass is 10.1. The lowest BCUT2D eigenvalue weighted by Gasteiger charge is -2.04. The average Bonchev–Trinajstić information content (AvgIpc) is 2.09. The van der Waals surface area contributed by atoms with Gasteiger partial charge in [-0.05, 0) is 6.07 Å². The first-order valence-corrected chi connectivity index (χ1v) is 3.68. The van der Waals surface area contributed by atoms with Crippen LogP contribution in [0.1, 0.15) is 5.56 Å². The maximum Gasteiger partial charge on any atom is 0.166 e. The zero-order valence-corrected chi connectivity index (χ0v) is 7.07. The molecule has 13 heavy (non-hydrogen) atoms. The lowest BCUT2D eigenvalue weighted by Crippen LogP contribution is -1.94. The summed E-state index contributed by atoms with van der Waals surface area (Å²) in [6.07, 6.45) is -0.421. The van der Waals surface area contributed by atoms with E-state index in [2.05, 4.69) is 0 Å². The summed E-state index contributed by atoms with van der Waals surface area (Å²) in [6.45, 7) is 0. The summed E-state index contributed by atoms with van der Waals surface area (Å²) in [7, 11) is 0. The van der Waals surface area contributed by atoms with Crippen molar-refractivity contribution in [2.24, 2.45) is 0 Å². The number of benzene rings is 1. The quantitative estimate of drug-likeness (QED) is 0.713. The number of halogens is 3. The summed E-state index contributed by atoms with van der Waals surface area (Å²) in [6, 6.07) is 2.25. The molecule has 68 valence electrons. The Morgan fingerprint density at radius 1 is 1.54 bits per heavy atom. The number of nitrogens with zero attached hydrogens (tertiary/aromatic N) is 1. The Balaban J connectivity index is 3.39. The highest BCUT2D eigenvalue weighted by Crippen LogP contribution is 2.31. The van der Waals surface area contributed by atoms with Gasteiger partial charge in [0.25, 0.3) is 0 Å². The monoisotopic (exact) mass is 203 g/mol. The first kappa shape index (κ1) is 9.75. The average molecular weight is 204 g/mol. The maximum atomic E-state index is 12.9. The van der Waals surface area contributed by atoms with Gasteiger partial charge in [-0.25, -0.2) is 8.78 Å². The number of rotatable bonds is 1. The summed E-state index contributed by atoms with van der Waals surface area (Å²) >= 11 is 5.36. The molecule has 0 radical (unpaired) electrons. The molecule has 0 saturated heterocycles. The molecule has 0 unspecified atom stereocenters.